The maximum atomic E-state index is 5.55. The van der Waals surface area contributed by atoms with Crippen LogP contribution in [0.3, 0.4) is 0 Å². The Morgan fingerprint density at radius 3 is 2.85 bits per heavy atom. The second-order valence-electron chi connectivity index (χ2n) is 4.28. The Bertz CT molecular complexity index is 603. The molecule has 0 bridgehead atoms. The summed E-state index contributed by atoms with van der Waals surface area (Å²) in [5.41, 5.74) is 0.899. The van der Waals surface area contributed by atoms with Crippen molar-refractivity contribution in [2.24, 2.45) is 0 Å². The molecule has 0 unspecified atom stereocenters. The van der Waals surface area contributed by atoms with Crippen molar-refractivity contribution in [3.63, 3.8) is 0 Å². The molecule has 2 N–H and O–H groups in total. The van der Waals surface area contributed by atoms with Crippen molar-refractivity contribution in [2.45, 2.75) is 6.92 Å². The van der Waals surface area contributed by atoms with Gasteiger partial charge < -0.3 is 20.1 Å². The molecule has 3 rings (SSSR count). The monoisotopic (exact) mass is 272 g/mol. The highest BCUT2D eigenvalue weighted by molar-refractivity contribution is 5.62. The third kappa shape index (κ3) is 2.74. The summed E-state index contributed by atoms with van der Waals surface area (Å²) in [6.07, 6.45) is 1.71. The first kappa shape index (κ1) is 12.5. The lowest BCUT2D eigenvalue weighted by atomic mass is 10.2. The predicted molar refractivity (Wildman–Crippen MR) is 76.9 cm³/mol. The number of rotatable bonds is 4. The molecule has 6 heteroatoms. The van der Waals surface area contributed by atoms with Crippen LogP contribution in [0.25, 0.3) is 0 Å². The fourth-order valence-electron chi connectivity index (χ4n) is 1.94. The SMILES string of the molecule is CCNc1nccc(Nc2ccc3c(c2)OCCO3)n1. The number of fused-ring (bicyclic) bond motifs is 1. The Kier molecular flexibility index (Phi) is 3.54. The Hall–Kier alpha value is -2.50. The molecule has 104 valence electrons. The molecule has 1 aromatic heterocycles. The lowest BCUT2D eigenvalue weighted by Crippen LogP contribution is -2.15. The molecule has 0 aliphatic carbocycles. The van der Waals surface area contributed by atoms with Gasteiger partial charge in [0, 0.05) is 24.5 Å². The van der Waals surface area contributed by atoms with Crippen molar-refractivity contribution in [1.29, 1.82) is 0 Å². The van der Waals surface area contributed by atoms with E-state index in [1.165, 1.54) is 0 Å². The van der Waals surface area contributed by atoms with Crippen molar-refractivity contribution in [3.05, 3.63) is 30.5 Å². The summed E-state index contributed by atoms with van der Waals surface area (Å²) in [6.45, 7) is 3.96. The number of hydrogen-bond donors (Lipinski definition) is 2. The van der Waals surface area contributed by atoms with Gasteiger partial charge >= 0.3 is 0 Å². The first-order chi connectivity index (χ1) is 9.85. The summed E-state index contributed by atoms with van der Waals surface area (Å²) in [6, 6.07) is 7.55. The molecule has 0 spiro atoms. The summed E-state index contributed by atoms with van der Waals surface area (Å²) < 4.78 is 11.0. The second-order valence-corrected chi connectivity index (χ2v) is 4.28. The highest BCUT2D eigenvalue weighted by Crippen LogP contribution is 2.33. The first-order valence-corrected chi connectivity index (χ1v) is 6.59. The average molecular weight is 272 g/mol. The van der Waals surface area contributed by atoms with Gasteiger partial charge in [0.25, 0.3) is 0 Å². The molecule has 0 atom stereocenters. The number of benzene rings is 1. The summed E-state index contributed by atoms with van der Waals surface area (Å²) >= 11 is 0. The minimum absolute atomic E-state index is 0.578. The van der Waals surface area contributed by atoms with Crippen LogP contribution in [-0.4, -0.2) is 29.7 Å². The minimum atomic E-state index is 0.578. The van der Waals surface area contributed by atoms with E-state index < -0.39 is 0 Å². The molecule has 0 saturated carbocycles. The summed E-state index contributed by atoms with van der Waals surface area (Å²) in [5.74, 6) is 2.86. The molecule has 2 heterocycles. The molecule has 0 fully saturated rings. The molecule has 1 aliphatic heterocycles. The number of nitrogens with one attached hydrogen (secondary N) is 2. The molecule has 0 amide bonds. The van der Waals surface area contributed by atoms with Gasteiger partial charge in [0.1, 0.15) is 19.0 Å². The van der Waals surface area contributed by atoms with Crippen LogP contribution in [-0.2, 0) is 0 Å². The van der Waals surface area contributed by atoms with Crippen molar-refractivity contribution < 1.29 is 9.47 Å². The van der Waals surface area contributed by atoms with Gasteiger partial charge in [0.2, 0.25) is 5.95 Å². The van der Waals surface area contributed by atoms with Crippen molar-refractivity contribution in [1.82, 2.24) is 9.97 Å². The molecule has 1 aromatic carbocycles. The third-order valence-corrected chi connectivity index (χ3v) is 2.81. The lowest BCUT2D eigenvalue weighted by Gasteiger charge is -2.19. The Morgan fingerprint density at radius 1 is 1.15 bits per heavy atom. The van der Waals surface area contributed by atoms with E-state index in [1.807, 2.05) is 31.2 Å². The third-order valence-electron chi connectivity index (χ3n) is 2.81. The quantitative estimate of drug-likeness (QED) is 0.891. The molecule has 6 nitrogen and oxygen atoms in total. The van der Waals surface area contributed by atoms with Gasteiger partial charge in [-0.3, -0.25) is 0 Å². The smallest absolute Gasteiger partial charge is 0.224 e. The maximum Gasteiger partial charge on any atom is 0.224 e. The zero-order chi connectivity index (χ0) is 13.8. The van der Waals surface area contributed by atoms with Gasteiger partial charge in [-0.05, 0) is 25.1 Å². The van der Waals surface area contributed by atoms with E-state index in [9.17, 15) is 0 Å². The van der Waals surface area contributed by atoms with Crippen molar-refractivity contribution >= 4 is 17.5 Å². The summed E-state index contributed by atoms with van der Waals surface area (Å²) in [4.78, 5) is 8.50. The highest BCUT2D eigenvalue weighted by Gasteiger charge is 2.11. The van der Waals surface area contributed by atoms with E-state index in [4.69, 9.17) is 9.47 Å². The van der Waals surface area contributed by atoms with Crippen LogP contribution < -0.4 is 20.1 Å². The van der Waals surface area contributed by atoms with Gasteiger partial charge in [-0.2, -0.15) is 4.98 Å². The number of nitrogens with zero attached hydrogens (tertiary/aromatic N) is 2. The molecule has 1 aliphatic rings. The molecule has 20 heavy (non-hydrogen) atoms. The fourth-order valence-corrected chi connectivity index (χ4v) is 1.94. The molecular formula is C14H16N4O2. The topological polar surface area (TPSA) is 68.3 Å². The second kappa shape index (κ2) is 5.64. The molecule has 0 radical (unpaired) electrons. The fraction of sp³-hybridized carbons (Fsp3) is 0.286. The highest BCUT2D eigenvalue weighted by atomic mass is 16.6. The lowest BCUT2D eigenvalue weighted by molar-refractivity contribution is 0.171. The van der Waals surface area contributed by atoms with Crippen LogP contribution in [0.15, 0.2) is 30.5 Å². The molecular weight excluding hydrogens is 256 g/mol. The van der Waals surface area contributed by atoms with E-state index in [0.717, 1.165) is 29.5 Å². The van der Waals surface area contributed by atoms with Crippen LogP contribution in [0.5, 0.6) is 11.5 Å². The van der Waals surface area contributed by atoms with E-state index in [0.29, 0.717) is 19.2 Å². The number of anilines is 3. The van der Waals surface area contributed by atoms with Crippen LogP contribution in [0.2, 0.25) is 0 Å². The summed E-state index contributed by atoms with van der Waals surface area (Å²) in [5, 5.41) is 6.30. The zero-order valence-electron chi connectivity index (χ0n) is 11.2. The Labute approximate surface area is 117 Å². The average Bonchev–Trinajstić information content (AvgIpc) is 2.48. The standard InChI is InChI=1S/C14H16N4O2/c1-2-15-14-16-6-5-13(18-14)17-10-3-4-11-12(9-10)20-8-7-19-11/h3-6,9H,2,7-8H2,1H3,(H2,15,16,17,18). The molecule has 0 saturated heterocycles. The van der Waals surface area contributed by atoms with Gasteiger partial charge in [-0.1, -0.05) is 0 Å². The Balaban J connectivity index is 1.78. The summed E-state index contributed by atoms with van der Waals surface area (Å²) in [7, 11) is 0. The largest absolute Gasteiger partial charge is 0.486 e. The maximum absolute atomic E-state index is 5.55. The van der Waals surface area contributed by atoms with E-state index >= 15 is 0 Å². The normalized spacial score (nSPS) is 12.8. The van der Waals surface area contributed by atoms with Crippen LogP contribution in [0, 0.1) is 0 Å². The van der Waals surface area contributed by atoms with Crippen LogP contribution >= 0.6 is 0 Å². The van der Waals surface area contributed by atoms with Crippen molar-refractivity contribution in [2.75, 3.05) is 30.4 Å². The first-order valence-electron chi connectivity index (χ1n) is 6.59. The van der Waals surface area contributed by atoms with E-state index in [-0.39, 0.29) is 0 Å². The number of aromatic nitrogens is 2. The van der Waals surface area contributed by atoms with E-state index in [2.05, 4.69) is 20.6 Å². The van der Waals surface area contributed by atoms with Gasteiger partial charge in [0.15, 0.2) is 11.5 Å². The Morgan fingerprint density at radius 2 is 2.00 bits per heavy atom. The van der Waals surface area contributed by atoms with Crippen LogP contribution in [0.4, 0.5) is 17.5 Å². The number of hydrogen-bond acceptors (Lipinski definition) is 6. The van der Waals surface area contributed by atoms with Gasteiger partial charge in [-0.25, -0.2) is 4.98 Å². The van der Waals surface area contributed by atoms with Gasteiger partial charge in [0.05, 0.1) is 0 Å². The predicted octanol–water partition coefficient (Wildman–Crippen LogP) is 2.42. The van der Waals surface area contributed by atoms with Crippen molar-refractivity contribution in [3.8, 4) is 11.5 Å². The van der Waals surface area contributed by atoms with Gasteiger partial charge in [-0.15, -0.1) is 0 Å². The zero-order valence-corrected chi connectivity index (χ0v) is 11.2. The molecule has 2 aromatic rings. The number of ether oxygens (including phenoxy) is 2. The van der Waals surface area contributed by atoms with E-state index in [1.54, 1.807) is 6.20 Å². The minimum Gasteiger partial charge on any atom is -0.486 e. The van der Waals surface area contributed by atoms with Crippen LogP contribution in [0.1, 0.15) is 6.92 Å².